The molecule has 0 spiro atoms. The van der Waals surface area contributed by atoms with E-state index in [1.807, 2.05) is 24.3 Å². The van der Waals surface area contributed by atoms with Crippen LogP contribution < -0.4 is 26.6 Å². The Balaban J connectivity index is 1.26. The highest BCUT2D eigenvalue weighted by Gasteiger charge is 2.33. The summed E-state index contributed by atoms with van der Waals surface area (Å²) in [7, 11) is 0. The topological polar surface area (TPSA) is 141 Å². The van der Waals surface area contributed by atoms with Crippen LogP contribution in [0, 0.1) is 5.82 Å². The van der Waals surface area contributed by atoms with Crippen molar-refractivity contribution in [2.75, 3.05) is 54.8 Å². The Hall–Kier alpha value is -3.91. The van der Waals surface area contributed by atoms with Crippen LogP contribution in [0.4, 0.5) is 31.0 Å². The van der Waals surface area contributed by atoms with Crippen molar-refractivity contribution in [2.45, 2.75) is 31.3 Å². The number of pyridine rings is 1. The fourth-order valence-electron chi connectivity index (χ4n) is 5.84. The van der Waals surface area contributed by atoms with E-state index in [1.54, 1.807) is 22.2 Å². The summed E-state index contributed by atoms with van der Waals surface area (Å²) in [6.07, 6.45) is 4.71. The molecule has 0 bridgehead atoms. The Bertz CT molecular complexity index is 1490. The van der Waals surface area contributed by atoms with Gasteiger partial charge in [-0.05, 0) is 98.8 Å². The normalized spacial score (nSPS) is 16.3. The number of nitrogens with zero attached hydrogens (tertiary/aromatic N) is 5. The number of halogens is 3. The van der Waals surface area contributed by atoms with Crippen molar-refractivity contribution in [3.05, 3.63) is 81.3 Å². The van der Waals surface area contributed by atoms with E-state index in [0.717, 1.165) is 11.3 Å². The monoisotopic (exact) mass is 744 g/mol. The first kappa shape index (κ1) is 32.5. The maximum Gasteiger partial charge on any atom is 0.319 e. The summed E-state index contributed by atoms with van der Waals surface area (Å²) in [5.41, 5.74) is 14.7. The van der Waals surface area contributed by atoms with Gasteiger partial charge in [-0.1, -0.05) is 0 Å². The highest BCUT2D eigenvalue weighted by molar-refractivity contribution is 9.11. The van der Waals surface area contributed by atoms with Crippen molar-refractivity contribution in [3.8, 4) is 0 Å². The molecule has 11 nitrogen and oxygen atoms in total. The van der Waals surface area contributed by atoms with Crippen LogP contribution in [0.5, 0.6) is 0 Å². The number of piperazine rings is 1. The summed E-state index contributed by atoms with van der Waals surface area (Å²) < 4.78 is 14.9. The third-order valence-corrected chi connectivity index (χ3v) is 9.56. The molecule has 238 valence electrons. The average molecular weight is 746 g/mol. The van der Waals surface area contributed by atoms with Gasteiger partial charge in [-0.2, -0.15) is 0 Å². The summed E-state index contributed by atoms with van der Waals surface area (Å²) in [6.45, 7) is 3.05. The number of carbonyl (C=O) groups excluding carboxylic acids is 3. The molecule has 0 aliphatic carbocycles. The molecule has 5 rings (SSSR count). The zero-order valence-electron chi connectivity index (χ0n) is 24.5. The van der Waals surface area contributed by atoms with Crippen molar-refractivity contribution in [2.24, 2.45) is 5.73 Å². The number of nitrogens with one attached hydrogen (secondary N) is 1. The zero-order valence-corrected chi connectivity index (χ0v) is 27.7. The van der Waals surface area contributed by atoms with Crippen LogP contribution in [0.15, 0.2) is 69.9 Å². The number of likely N-dealkylation sites (tertiary alicyclic amines) is 1. The second-order valence-electron chi connectivity index (χ2n) is 11.1. The number of nitrogens with two attached hydrogens (primary N) is 2. The van der Waals surface area contributed by atoms with Gasteiger partial charge in [0.25, 0.3) is 0 Å². The van der Waals surface area contributed by atoms with Crippen LogP contribution in [0.1, 0.15) is 18.4 Å². The number of aromatic nitrogens is 1. The van der Waals surface area contributed by atoms with E-state index >= 15 is 0 Å². The van der Waals surface area contributed by atoms with Crippen LogP contribution in [-0.2, 0) is 11.2 Å². The average Bonchev–Trinajstić information content (AvgIpc) is 3.04. The van der Waals surface area contributed by atoms with Crippen molar-refractivity contribution in [3.63, 3.8) is 0 Å². The van der Waals surface area contributed by atoms with Gasteiger partial charge in [-0.15, -0.1) is 0 Å². The number of urea groups is 2. The lowest BCUT2D eigenvalue weighted by Gasteiger charge is -2.39. The Kier molecular flexibility index (Phi) is 10.4. The first-order valence-corrected chi connectivity index (χ1v) is 16.3. The van der Waals surface area contributed by atoms with Crippen molar-refractivity contribution >= 4 is 66.9 Å². The van der Waals surface area contributed by atoms with Crippen molar-refractivity contribution in [1.29, 1.82) is 0 Å². The SMILES string of the molecule is NC(=O)N(c1ccc(F)cc1)C1CCN(C(=O)N[C@@H](Cc2cc(Br)c(N)c(Br)c2)C(=O)N2CCN(c3ccncc3)CC2)CC1. The summed E-state index contributed by atoms with van der Waals surface area (Å²) in [5, 5.41) is 3.00. The van der Waals surface area contributed by atoms with Crippen LogP contribution in [0.2, 0.25) is 0 Å². The third-order valence-electron chi connectivity index (χ3n) is 8.25. The van der Waals surface area contributed by atoms with Gasteiger partial charge in [-0.3, -0.25) is 14.7 Å². The van der Waals surface area contributed by atoms with Crippen LogP contribution in [-0.4, -0.2) is 84.1 Å². The Labute approximate surface area is 278 Å². The molecule has 3 aromatic rings. The molecular formula is C31H35Br2FN8O3. The molecule has 2 aliphatic heterocycles. The Morgan fingerprint density at radius 2 is 1.53 bits per heavy atom. The molecule has 5 amide bonds. The minimum absolute atomic E-state index is 0.159. The second kappa shape index (κ2) is 14.5. The lowest BCUT2D eigenvalue weighted by atomic mass is 10.0. The quantitative estimate of drug-likeness (QED) is 0.308. The molecule has 3 heterocycles. The molecule has 14 heteroatoms. The Morgan fingerprint density at radius 1 is 0.933 bits per heavy atom. The lowest BCUT2D eigenvalue weighted by Crippen LogP contribution is -2.58. The molecule has 2 aliphatic rings. The van der Waals surface area contributed by atoms with Gasteiger partial charge in [0.2, 0.25) is 5.91 Å². The first-order valence-electron chi connectivity index (χ1n) is 14.7. The molecule has 45 heavy (non-hydrogen) atoms. The number of piperidine rings is 1. The van der Waals surface area contributed by atoms with E-state index in [0.29, 0.717) is 72.4 Å². The van der Waals surface area contributed by atoms with Gasteiger partial charge in [0.15, 0.2) is 0 Å². The maximum atomic E-state index is 13.9. The standard InChI is InChI=1S/C31H35Br2FN8O3/c32-25-17-20(18-26(33)28(25)35)19-27(29(43)40-15-13-39(14-16-40)22-5-9-37-10-6-22)38-31(45)41-11-7-24(8-12-41)42(30(36)44)23-3-1-21(34)2-4-23/h1-6,9-10,17-18,24,27H,7-8,11-16,19,35H2,(H2,36,44)(H,38,45)/t27-/m0/s1. The Morgan fingerprint density at radius 3 is 2.11 bits per heavy atom. The van der Waals surface area contributed by atoms with E-state index in [2.05, 4.69) is 47.1 Å². The minimum Gasteiger partial charge on any atom is -0.397 e. The number of benzene rings is 2. The molecule has 2 aromatic carbocycles. The summed E-state index contributed by atoms with van der Waals surface area (Å²) in [4.78, 5) is 51.0. The smallest absolute Gasteiger partial charge is 0.319 e. The first-order chi connectivity index (χ1) is 21.6. The van der Waals surface area contributed by atoms with E-state index in [1.165, 1.54) is 29.2 Å². The molecule has 0 unspecified atom stereocenters. The minimum atomic E-state index is -0.813. The molecule has 0 saturated carbocycles. The van der Waals surface area contributed by atoms with E-state index in [4.69, 9.17) is 11.5 Å². The highest BCUT2D eigenvalue weighted by Crippen LogP contribution is 2.30. The predicted octanol–water partition coefficient (Wildman–Crippen LogP) is 4.35. The molecule has 0 radical (unpaired) electrons. The van der Waals surface area contributed by atoms with Crippen LogP contribution in [0.3, 0.4) is 0 Å². The van der Waals surface area contributed by atoms with E-state index in [-0.39, 0.29) is 24.4 Å². The number of anilines is 3. The zero-order chi connectivity index (χ0) is 32.1. The van der Waals surface area contributed by atoms with E-state index in [9.17, 15) is 18.8 Å². The fourth-order valence-corrected chi connectivity index (χ4v) is 7.12. The van der Waals surface area contributed by atoms with Gasteiger partial charge in [0.1, 0.15) is 11.9 Å². The number of carbonyl (C=O) groups is 3. The lowest BCUT2D eigenvalue weighted by molar-refractivity contribution is -0.133. The largest absolute Gasteiger partial charge is 0.397 e. The van der Waals surface area contributed by atoms with Gasteiger partial charge < -0.3 is 31.5 Å². The van der Waals surface area contributed by atoms with E-state index < -0.39 is 17.9 Å². The number of nitrogen functional groups attached to an aromatic ring is 1. The van der Waals surface area contributed by atoms with Gasteiger partial charge >= 0.3 is 12.1 Å². The van der Waals surface area contributed by atoms with Gasteiger partial charge in [0.05, 0.1) is 5.69 Å². The van der Waals surface area contributed by atoms with Crippen molar-refractivity contribution in [1.82, 2.24) is 20.1 Å². The molecule has 2 fully saturated rings. The number of hydrogen-bond donors (Lipinski definition) is 3. The highest BCUT2D eigenvalue weighted by atomic mass is 79.9. The molecule has 1 aromatic heterocycles. The molecule has 5 N–H and O–H groups in total. The number of primary amides is 1. The summed E-state index contributed by atoms with van der Waals surface area (Å²) >= 11 is 6.96. The molecule has 1 atom stereocenters. The van der Waals surface area contributed by atoms with Crippen LogP contribution in [0.25, 0.3) is 0 Å². The number of hydrogen-bond acceptors (Lipinski definition) is 6. The van der Waals surface area contributed by atoms with Crippen LogP contribution >= 0.6 is 31.9 Å². The number of rotatable bonds is 7. The van der Waals surface area contributed by atoms with Gasteiger partial charge in [-0.25, -0.2) is 14.0 Å². The fraction of sp³-hybridized carbons (Fsp3) is 0.355. The maximum absolute atomic E-state index is 13.9. The molecule has 2 saturated heterocycles. The third kappa shape index (κ3) is 7.85. The predicted molar refractivity (Wildman–Crippen MR) is 178 cm³/mol. The summed E-state index contributed by atoms with van der Waals surface area (Å²) in [6, 6.07) is 11.1. The van der Waals surface area contributed by atoms with Crippen molar-refractivity contribution < 1.29 is 18.8 Å². The number of amides is 5. The van der Waals surface area contributed by atoms with Gasteiger partial charge in [0, 0.05) is 84.4 Å². The molecular weight excluding hydrogens is 711 g/mol. The second-order valence-corrected chi connectivity index (χ2v) is 12.8. The summed E-state index contributed by atoms with van der Waals surface area (Å²) in [5.74, 6) is -0.569.